The van der Waals surface area contributed by atoms with Crippen LogP contribution in [0, 0.1) is 0 Å². The van der Waals surface area contributed by atoms with Crippen LogP contribution in [0.15, 0.2) is 71.9 Å². The van der Waals surface area contributed by atoms with Crippen molar-refractivity contribution in [1.82, 2.24) is 39.5 Å². The lowest BCUT2D eigenvalue weighted by atomic mass is 9.90. The zero-order chi connectivity index (χ0) is 36.7. The molecular formula is C38H41BrN10O5. The minimum atomic E-state index is -0.412. The molecule has 280 valence electrons. The summed E-state index contributed by atoms with van der Waals surface area (Å²) in [5.74, 6) is 1.67. The van der Waals surface area contributed by atoms with Gasteiger partial charge >= 0.3 is 0 Å². The summed E-state index contributed by atoms with van der Waals surface area (Å²) in [5.41, 5.74) is 15.5. The fraction of sp³-hybridized carbons (Fsp3) is 0.421. The predicted octanol–water partition coefficient (Wildman–Crippen LogP) is 6.76. The molecule has 2 spiro atoms. The molecule has 0 bridgehead atoms. The number of halogens is 1. The summed E-state index contributed by atoms with van der Waals surface area (Å²) >= 11 is 3.45. The van der Waals surface area contributed by atoms with Gasteiger partial charge in [0.05, 0.1) is 49.3 Å². The molecule has 4 fully saturated rings. The van der Waals surface area contributed by atoms with Gasteiger partial charge in [-0.3, -0.25) is 0 Å². The standard InChI is InChI=1S/C25H25N5O3.C13H16BrN5O2/c26-23-21-22(17-6-8-20(9-7-17)33-19-4-2-1-3-5-19)29-30(24(21)28-16-27-23)18-10-12-25(13-11-18)31-14-15-32-25;14-10-9-11(15)16-7-17-12(9)19(18-10)8-1-3-13(4-2-8)20-5-6-21-13/h1-9,16,18H,10-15H2,(H2,26,27,28);7-8H,1-6H2,(H2,15,16,17). The molecule has 0 amide bonds. The van der Waals surface area contributed by atoms with Gasteiger partial charge in [0.1, 0.15) is 46.1 Å². The van der Waals surface area contributed by atoms with E-state index in [2.05, 4.69) is 41.0 Å². The Bertz CT molecular complexity index is 2230. The lowest BCUT2D eigenvalue weighted by Crippen LogP contribution is -2.36. The zero-order valence-electron chi connectivity index (χ0n) is 29.6. The lowest BCUT2D eigenvalue weighted by molar-refractivity contribution is -0.181. The number of hydrogen-bond donors (Lipinski definition) is 2. The second-order valence-electron chi connectivity index (χ2n) is 14.1. The summed E-state index contributed by atoms with van der Waals surface area (Å²) in [7, 11) is 0. The third-order valence-corrected chi connectivity index (χ3v) is 11.4. The van der Waals surface area contributed by atoms with Crippen molar-refractivity contribution in [3.63, 3.8) is 0 Å². The molecule has 2 aromatic carbocycles. The number of nitrogens with two attached hydrogens (primary N) is 2. The van der Waals surface area contributed by atoms with Crippen molar-refractivity contribution in [3.8, 4) is 22.8 Å². The minimum Gasteiger partial charge on any atom is -0.457 e. The van der Waals surface area contributed by atoms with Crippen molar-refractivity contribution in [2.45, 2.75) is 75.0 Å². The molecule has 4 N–H and O–H groups in total. The van der Waals surface area contributed by atoms with E-state index in [1.54, 1.807) is 0 Å². The highest BCUT2D eigenvalue weighted by Crippen LogP contribution is 2.43. The molecule has 4 aliphatic rings. The second-order valence-corrected chi connectivity index (χ2v) is 14.8. The smallest absolute Gasteiger partial charge is 0.168 e. The first-order chi connectivity index (χ1) is 26.4. The SMILES string of the molecule is Nc1ncnc2c1c(-c1ccc(Oc3ccccc3)cc1)nn2C1CCC2(CC1)OCCO2.Nc1ncnc2c1c(Br)nn2C1CCC2(CC1)OCCO2. The maximum absolute atomic E-state index is 6.29. The van der Waals surface area contributed by atoms with Gasteiger partial charge in [-0.2, -0.15) is 10.2 Å². The quantitative estimate of drug-likeness (QED) is 0.187. The van der Waals surface area contributed by atoms with Gasteiger partial charge in [0.25, 0.3) is 0 Å². The molecule has 6 aromatic rings. The molecule has 6 heterocycles. The largest absolute Gasteiger partial charge is 0.457 e. The van der Waals surface area contributed by atoms with E-state index in [1.165, 1.54) is 12.7 Å². The van der Waals surface area contributed by atoms with Crippen LogP contribution in [0.5, 0.6) is 11.5 Å². The van der Waals surface area contributed by atoms with Crippen molar-refractivity contribution in [2.24, 2.45) is 0 Å². The Balaban J connectivity index is 0.000000157. The second kappa shape index (κ2) is 14.5. The van der Waals surface area contributed by atoms with E-state index in [0.29, 0.717) is 42.7 Å². The van der Waals surface area contributed by atoms with Crippen LogP contribution in [0.4, 0.5) is 11.6 Å². The summed E-state index contributed by atoms with van der Waals surface area (Å²) in [5, 5.41) is 11.1. The van der Waals surface area contributed by atoms with Gasteiger partial charge in [0.15, 0.2) is 22.9 Å². The average Bonchev–Trinajstić information content (AvgIpc) is 4.01. The Morgan fingerprint density at radius 2 is 1.09 bits per heavy atom. The molecule has 0 unspecified atom stereocenters. The molecule has 2 saturated carbocycles. The van der Waals surface area contributed by atoms with Crippen LogP contribution in [0.25, 0.3) is 33.3 Å². The third-order valence-electron chi connectivity index (χ3n) is 10.9. The number of anilines is 2. The normalized spacial score (nSPS) is 20.8. The monoisotopic (exact) mass is 796 g/mol. The highest BCUT2D eigenvalue weighted by molar-refractivity contribution is 9.10. The fourth-order valence-corrected chi connectivity index (χ4v) is 8.66. The Labute approximate surface area is 319 Å². The van der Waals surface area contributed by atoms with Crippen molar-refractivity contribution < 1.29 is 23.7 Å². The number of benzene rings is 2. The van der Waals surface area contributed by atoms with Crippen molar-refractivity contribution >= 4 is 49.6 Å². The highest BCUT2D eigenvalue weighted by Gasteiger charge is 2.42. The van der Waals surface area contributed by atoms with E-state index in [9.17, 15) is 0 Å². The molecule has 10 rings (SSSR count). The molecule has 0 radical (unpaired) electrons. The van der Waals surface area contributed by atoms with E-state index in [-0.39, 0.29) is 17.9 Å². The Kier molecular flexibility index (Phi) is 9.39. The van der Waals surface area contributed by atoms with Crippen molar-refractivity contribution in [3.05, 3.63) is 71.9 Å². The number of fused-ring (bicyclic) bond motifs is 2. The van der Waals surface area contributed by atoms with Crippen LogP contribution >= 0.6 is 15.9 Å². The number of para-hydroxylation sites is 1. The first-order valence-corrected chi connectivity index (χ1v) is 19.2. The number of aromatic nitrogens is 8. The lowest BCUT2D eigenvalue weighted by Gasteiger charge is -2.35. The van der Waals surface area contributed by atoms with Gasteiger partial charge in [0, 0.05) is 31.2 Å². The van der Waals surface area contributed by atoms with Crippen LogP contribution in [-0.4, -0.2) is 77.5 Å². The first kappa shape index (κ1) is 35.0. The molecule has 2 saturated heterocycles. The van der Waals surface area contributed by atoms with E-state index in [4.69, 9.17) is 40.3 Å². The van der Waals surface area contributed by atoms with E-state index in [0.717, 1.165) is 96.2 Å². The van der Waals surface area contributed by atoms with Crippen molar-refractivity contribution in [2.75, 3.05) is 37.9 Å². The van der Waals surface area contributed by atoms with Crippen LogP contribution < -0.4 is 16.2 Å². The van der Waals surface area contributed by atoms with Gasteiger partial charge in [-0.15, -0.1) is 0 Å². The number of rotatable bonds is 5. The summed E-state index contributed by atoms with van der Waals surface area (Å²) in [6, 6.07) is 18.1. The molecule has 54 heavy (non-hydrogen) atoms. The number of ether oxygens (including phenoxy) is 5. The van der Waals surface area contributed by atoms with Gasteiger partial charge in [-0.1, -0.05) is 18.2 Å². The zero-order valence-corrected chi connectivity index (χ0v) is 31.2. The predicted molar refractivity (Wildman–Crippen MR) is 203 cm³/mol. The molecule has 16 heteroatoms. The topological polar surface area (TPSA) is 185 Å². The first-order valence-electron chi connectivity index (χ1n) is 18.4. The minimum absolute atomic E-state index is 0.203. The summed E-state index contributed by atoms with van der Waals surface area (Å²) in [4.78, 5) is 17.2. The van der Waals surface area contributed by atoms with E-state index < -0.39 is 5.79 Å². The van der Waals surface area contributed by atoms with Crippen molar-refractivity contribution in [1.29, 1.82) is 0 Å². The summed E-state index contributed by atoms with van der Waals surface area (Å²) < 4.78 is 33.9. The number of hydrogen-bond acceptors (Lipinski definition) is 13. The van der Waals surface area contributed by atoms with E-state index in [1.807, 2.05) is 64.0 Å². The number of nitrogens with zero attached hydrogens (tertiary/aromatic N) is 8. The van der Waals surface area contributed by atoms with Gasteiger partial charge in [-0.05, 0) is 78.0 Å². The maximum Gasteiger partial charge on any atom is 0.168 e. The third kappa shape index (κ3) is 6.66. The Hall–Kier alpha value is -4.74. The molecular weight excluding hydrogens is 756 g/mol. The molecule has 4 aromatic heterocycles. The van der Waals surface area contributed by atoms with Crippen LogP contribution in [0.2, 0.25) is 0 Å². The van der Waals surface area contributed by atoms with Gasteiger partial charge < -0.3 is 35.2 Å². The molecule has 2 aliphatic heterocycles. The Morgan fingerprint density at radius 3 is 1.65 bits per heavy atom. The maximum atomic E-state index is 6.29. The summed E-state index contributed by atoms with van der Waals surface area (Å²) in [6.07, 6.45) is 10.2. The fourth-order valence-electron chi connectivity index (χ4n) is 8.11. The van der Waals surface area contributed by atoms with Crippen LogP contribution in [0.1, 0.15) is 63.5 Å². The van der Waals surface area contributed by atoms with Crippen LogP contribution in [-0.2, 0) is 18.9 Å². The van der Waals surface area contributed by atoms with Gasteiger partial charge in [-0.25, -0.2) is 29.3 Å². The molecule has 2 aliphatic carbocycles. The van der Waals surface area contributed by atoms with E-state index >= 15 is 0 Å². The molecule has 15 nitrogen and oxygen atoms in total. The highest BCUT2D eigenvalue weighted by atomic mass is 79.9. The van der Waals surface area contributed by atoms with Gasteiger partial charge in [0.2, 0.25) is 0 Å². The Morgan fingerprint density at radius 1 is 0.611 bits per heavy atom. The summed E-state index contributed by atoms with van der Waals surface area (Å²) in [6.45, 7) is 2.75. The number of nitrogen functional groups attached to an aromatic ring is 2. The van der Waals surface area contributed by atoms with Crippen LogP contribution in [0.3, 0.4) is 0 Å². The molecule has 0 atom stereocenters. The average molecular weight is 798 g/mol.